The molecule has 240 valence electrons. The number of thioether (sulfide) groups is 1. The summed E-state index contributed by atoms with van der Waals surface area (Å²) >= 11 is 0.953. The number of methoxy groups -OCH3 is 1. The molecule has 12 nitrogen and oxygen atoms in total. The Labute approximate surface area is 270 Å². The summed E-state index contributed by atoms with van der Waals surface area (Å²) in [5.74, 6) is -1.94. The predicted molar refractivity (Wildman–Crippen MR) is 167 cm³/mol. The van der Waals surface area contributed by atoms with Gasteiger partial charge in [0.15, 0.2) is 18.3 Å². The molecule has 0 saturated carbocycles. The van der Waals surface area contributed by atoms with Crippen LogP contribution in [0.3, 0.4) is 0 Å². The molecule has 0 unspecified atom stereocenters. The zero-order valence-electron chi connectivity index (χ0n) is 26.1. The third-order valence-electron chi connectivity index (χ3n) is 6.90. The highest BCUT2D eigenvalue weighted by Gasteiger charge is 2.47. The van der Waals surface area contributed by atoms with E-state index in [1.165, 1.54) is 27.9 Å². The van der Waals surface area contributed by atoms with Crippen LogP contribution >= 0.6 is 11.8 Å². The van der Waals surface area contributed by atoms with Gasteiger partial charge in [-0.1, -0.05) is 41.6 Å². The first kappa shape index (κ1) is 34.0. The number of anilines is 1. The van der Waals surface area contributed by atoms with Crippen LogP contribution in [0.5, 0.6) is 5.75 Å². The second-order valence-corrected chi connectivity index (χ2v) is 11.5. The smallest absolute Gasteiger partial charge is 0.303 e. The second kappa shape index (κ2) is 14.9. The quantitative estimate of drug-likeness (QED) is 0.251. The molecule has 2 heterocycles. The summed E-state index contributed by atoms with van der Waals surface area (Å²) in [6, 6.07) is 16.3. The average molecular weight is 648 g/mol. The summed E-state index contributed by atoms with van der Waals surface area (Å²) in [4.78, 5) is 54.4. The Morgan fingerprint density at radius 1 is 0.913 bits per heavy atom. The monoisotopic (exact) mass is 647 g/mol. The summed E-state index contributed by atoms with van der Waals surface area (Å²) in [7, 11) is 1.53. The van der Waals surface area contributed by atoms with Gasteiger partial charge in [0.2, 0.25) is 0 Å². The van der Waals surface area contributed by atoms with E-state index >= 15 is 0 Å². The zero-order chi connectivity index (χ0) is 33.5. The number of carbonyl (C=O) groups is 4. The van der Waals surface area contributed by atoms with Crippen molar-refractivity contribution in [1.82, 2.24) is 4.98 Å². The number of aryl methyl sites for hydroxylation is 2. The molecule has 1 fully saturated rings. The van der Waals surface area contributed by atoms with E-state index in [2.05, 4.69) is 16.4 Å². The van der Waals surface area contributed by atoms with Crippen LogP contribution in [0.15, 0.2) is 53.6 Å². The van der Waals surface area contributed by atoms with Crippen molar-refractivity contribution in [2.45, 2.75) is 63.4 Å². The molecule has 0 radical (unpaired) electrons. The second-order valence-electron chi connectivity index (χ2n) is 10.4. The molecule has 1 amide bonds. The molecule has 1 N–H and O–H groups in total. The van der Waals surface area contributed by atoms with E-state index in [1.807, 2.05) is 19.1 Å². The molecule has 0 aliphatic carbocycles. The molecule has 46 heavy (non-hydrogen) atoms. The molecular formula is C33H33N3O9S. The lowest BCUT2D eigenvalue weighted by Gasteiger charge is -2.40. The first-order chi connectivity index (χ1) is 21.9. The van der Waals surface area contributed by atoms with Crippen molar-refractivity contribution < 1.29 is 42.9 Å². The Morgan fingerprint density at radius 2 is 1.52 bits per heavy atom. The standard InChI is InChI=1S/C33H33N3O9S/c1-17-7-11-23(12-8-17)36-31(40)27-18(2)35-32(25(15-34)28(27)22-9-13-24(41-6)14-10-22)46-33-30(45-21(5)39)29(44-20(4)38)26(16-42-33)43-19(3)37/h7-14,26,29-30,33H,16H2,1-6H3,(H,36,40)/t26-,29-,30+,33-/m0/s1. The van der Waals surface area contributed by atoms with Crippen molar-refractivity contribution in [3.05, 3.63) is 70.9 Å². The van der Waals surface area contributed by atoms with E-state index in [1.54, 1.807) is 43.3 Å². The van der Waals surface area contributed by atoms with Gasteiger partial charge >= 0.3 is 17.9 Å². The molecular weight excluding hydrogens is 614 g/mol. The van der Waals surface area contributed by atoms with E-state index in [0.29, 0.717) is 28.3 Å². The predicted octanol–water partition coefficient (Wildman–Crippen LogP) is 4.74. The number of hydrogen-bond acceptors (Lipinski definition) is 12. The normalized spacial score (nSPS) is 18.9. The van der Waals surface area contributed by atoms with Gasteiger partial charge < -0.3 is 29.0 Å². The molecule has 4 rings (SSSR count). The molecule has 1 aliphatic heterocycles. The fourth-order valence-corrected chi connectivity index (χ4v) is 6.11. The molecule has 1 aliphatic rings. The van der Waals surface area contributed by atoms with Crippen molar-refractivity contribution in [2.75, 3.05) is 19.0 Å². The highest BCUT2D eigenvalue weighted by atomic mass is 32.2. The van der Waals surface area contributed by atoms with Gasteiger partial charge in [-0.05, 0) is 43.7 Å². The maximum absolute atomic E-state index is 13.8. The highest BCUT2D eigenvalue weighted by molar-refractivity contribution is 7.99. The summed E-state index contributed by atoms with van der Waals surface area (Å²) in [6.07, 6.45) is -3.51. The number of aromatic nitrogens is 1. The number of amides is 1. The van der Waals surface area contributed by atoms with Crippen molar-refractivity contribution in [3.8, 4) is 22.9 Å². The summed E-state index contributed by atoms with van der Waals surface area (Å²) in [5, 5.41) is 13.6. The van der Waals surface area contributed by atoms with Crippen LogP contribution in [-0.4, -0.2) is 66.3 Å². The van der Waals surface area contributed by atoms with Crippen LogP contribution < -0.4 is 10.1 Å². The van der Waals surface area contributed by atoms with Crippen molar-refractivity contribution in [1.29, 1.82) is 5.26 Å². The van der Waals surface area contributed by atoms with Gasteiger partial charge in [0.05, 0.1) is 30.5 Å². The van der Waals surface area contributed by atoms with Crippen molar-refractivity contribution in [3.63, 3.8) is 0 Å². The first-order valence-corrected chi connectivity index (χ1v) is 15.1. The van der Waals surface area contributed by atoms with E-state index in [-0.39, 0.29) is 22.8 Å². The molecule has 3 aromatic rings. The summed E-state index contributed by atoms with van der Waals surface area (Å²) in [5.41, 5.74) is 1.96. The maximum atomic E-state index is 13.8. The summed E-state index contributed by atoms with van der Waals surface area (Å²) in [6.45, 7) is 6.92. The fourth-order valence-electron chi connectivity index (χ4n) is 4.94. The minimum absolute atomic E-state index is 0.0612. The van der Waals surface area contributed by atoms with Gasteiger partial charge in [-0.25, -0.2) is 4.98 Å². The van der Waals surface area contributed by atoms with Gasteiger partial charge in [-0.15, -0.1) is 0 Å². The number of esters is 3. The van der Waals surface area contributed by atoms with Crippen LogP contribution in [0.25, 0.3) is 11.1 Å². The van der Waals surface area contributed by atoms with Crippen LogP contribution in [0.4, 0.5) is 5.69 Å². The lowest BCUT2D eigenvalue weighted by molar-refractivity contribution is -0.213. The Kier molecular flexibility index (Phi) is 11.0. The number of rotatable bonds is 9. The first-order valence-electron chi connectivity index (χ1n) is 14.2. The molecule has 2 aromatic carbocycles. The molecule has 1 saturated heterocycles. The number of hydrogen-bond donors (Lipinski definition) is 1. The third kappa shape index (κ3) is 8.01. The van der Waals surface area contributed by atoms with Crippen LogP contribution in [0, 0.1) is 25.2 Å². The number of nitrogens with zero attached hydrogens (tertiary/aromatic N) is 2. The van der Waals surface area contributed by atoms with Gasteiger partial charge in [0, 0.05) is 32.0 Å². The van der Waals surface area contributed by atoms with E-state index in [0.717, 1.165) is 17.3 Å². The fraction of sp³-hybridized carbons (Fsp3) is 0.333. The Balaban J connectivity index is 1.83. The molecule has 0 bridgehead atoms. The Morgan fingerprint density at radius 3 is 2.09 bits per heavy atom. The lowest BCUT2D eigenvalue weighted by Crippen LogP contribution is -2.56. The zero-order valence-corrected chi connectivity index (χ0v) is 26.9. The van der Waals surface area contributed by atoms with Crippen molar-refractivity contribution >= 4 is 41.3 Å². The number of nitrogens with one attached hydrogen (secondary N) is 1. The molecule has 0 spiro atoms. The molecule has 13 heteroatoms. The number of carbonyl (C=O) groups excluding carboxylic acids is 4. The van der Waals surface area contributed by atoms with Gasteiger partial charge in [-0.3, -0.25) is 19.2 Å². The molecule has 1 aromatic heterocycles. The van der Waals surface area contributed by atoms with Gasteiger partial charge in [0.1, 0.15) is 22.3 Å². The van der Waals surface area contributed by atoms with Crippen LogP contribution in [-0.2, 0) is 33.3 Å². The minimum Gasteiger partial charge on any atom is -0.497 e. The van der Waals surface area contributed by atoms with Crippen molar-refractivity contribution in [2.24, 2.45) is 0 Å². The minimum atomic E-state index is -1.24. The summed E-state index contributed by atoms with van der Waals surface area (Å²) < 4.78 is 27.6. The SMILES string of the molecule is COc1ccc(-c2c(C#N)c(S[C@@H]3OC[C@H](OC(C)=O)[C@H](OC(C)=O)[C@H]3OC(C)=O)nc(C)c2C(=O)Nc2ccc(C)cc2)cc1. The van der Waals surface area contributed by atoms with Crippen LogP contribution in [0.2, 0.25) is 0 Å². The lowest BCUT2D eigenvalue weighted by atomic mass is 9.94. The average Bonchev–Trinajstić information content (AvgIpc) is 3.00. The Bertz CT molecular complexity index is 1670. The number of pyridine rings is 1. The van der Waals surface area contributed by atoms with E-state index in [9.17, 15) is 24.4 Å². The number of nitriles is 1. The largest absolute Gasteiger partial charge is 0.497 e. The third-order valence-corrected chi connectivity index (χ3v) is 8.06. The van der Waals surface area contributed by atoms with Gasteiger partial charge in [-0.2, -0.15) is 5.26 Å². The molecule has 4 atom stereocenters. The van der Waals surface area contributed by atoms with Gasteiger partial charge in [0.25, 0.3) is 5.91 Å². The Hall–Kier alpha value is -4.93. The van der Waals surface area contributed by atoms with E-state index < -0.39 is 47.6 Å². The maximum Gasteiger partial charge on any atom is 0.303 e. The van der Waals surface area contributed by atoms with E-state index in [4.69, 9.17) is 23.7 Å². The van der Waals surface area contributed by atoms with Crippen LogP contribution in [0.1, 0.15) is 48.0 Å². The highest BCUT2D eigenvalue weighted by Crippen LogP contribution is 2.40. The number of ether oxygens (including phenoxy) is 5. The number of benzene rings is 2. The topological polar surface area (TPSA) is 163 Å².